The quantitative estimate of drug-likeness (QED) is 0.899. The first kappa shape index (κ1) is 15.8. The van der Waals surface area contributed by atoms with E-state index in [1.54, 1.807) is 24.8 Å². The van der Waals surface area contributed by atoms with Crippen molar-refractivity contribution in [1.82, 2.24) is 10.2 Å². The summed E-state index contributed by atoms with van der Waals surface area (Å²) < 4.78 is 13.4. The molecule has 4 nitrogen and oxygen atoms in total. The van der Waals surface area contributed by atoms with Gasteiger partial charge < -0.3 is 15.3 Å². The van der Waals surface area contributed by atoms with Crippen molar-refractivity contribution in [3.8, 4) is 0 Å². The Labute approximate surface area is 125 Å². The van der Waals surface area contributed by atoms with Crippen molar-refractivity contribution >= 4 is 6.03 Å². The van der Waals surface area contributed by atoms with Gasteiger partial charge in [0.05, 0.1) is 6.10 Å². The number of carbonyl (C=O) groups is 1. The zero-order chi connectivity index (χ0) is 15.4. The van der Waals surface area contributed by atoms with E-state index in [0.29, 0.717) is 25.2 Å². The monoisotopic (exact) mass is 294 g/mol. The molecule has 0 bridgehead atoms. The Hall–Kier alpha value is -1.62. The summed E-state index contributed by atoms with van der Waals surface area (Å²) >= 11 is 0. The van der Waals surface area contributed by atoms with Crippen molar-refractivity contribution in [2.75, 3.05) is 13.1 Å². The first-order chi connectivity index (χ1) is 9.97. The van der Waals surface area contributed by atoms with Crippen molar-refractivity contribution in [2.45, 2.75) is 39.3 Å². The third kappa shape index (κ3) is 4.17. The fourth-order valence-electron chi connectivity index (χ4n) is 2.62. The van der Waals surface area contributed by atoms with Gasteiger partial charge in [0.2, 0.25) is 0 Å². The van der Waals surface area contributed by atoms with E-state index < -0.39 is 6.10 Å². The van der Waals surface area contributed by atoms with Crippen molar-refractivity contribution in [3.63, 3.8) is 0 Å². The number of nitrogens with zero attached hydrogens (tertiary/aromatic N) is 1. The van der Waals surface area contributed by atoms with Crippen LogP contribution in [0, 0.1) is 18.7 Å². The summed E-state index contributed by atoms with van der Waals surface area (Å²) in [7, 11) is 0. The van der Waals surface area contributed by atoms with Crippen molar-refractivity contribution in [2.24, 2.45) is 5.92 Å². The molecule has 0 aromatic heterocycles. The SMILES string of the molecule is Cc1ccc(CNC(=O)N2CCCC(C(C)O)C2)cc1F. The molecule has 1 aliphatic rings. The number of hydrogen-bond acceptors (Lipinski definition) is 2. The summed E-state index contributed by atoms with van der Waals surface area (Å²) in [4.78, 5) is 13.9. The van der Waals surface area contributed by atoms with E-state index in [1.165, 1.54) is 6.07 Å². The molecule has 2 atom stereocenters. The minimum absolute atomic E-state index is 0.140. The van der Waals surface area contributed by atoms with Gasteiger partial charge in [0, 0.05) is 25.6 Å². The topological polar surface area (TPSA) is 52.6 Å². The van der Waals surface area contributed by atoms with Crippen molar-refractivity contribution in [1.29, 1.82) is 0 Å². The minimum atomic E-state index is -0.396. The van der Waals surface area contributed by atoms with E-state index in [1.807, 2.05) is 6.07 Å². The lowest BCUT2D eigenvalue weighted by Gasteiger charge is -2.34. The Morgan fingerprint density at radius 2 is 2.33 bits per heavy atom. The van der Waals surface area contributed by atoms with Crippen LogP contribution in [-0.2, 0) is 6.54 Å². The van der Waals surface area contributed by atoms with Crippen LogP contribution in [-0.4, -0.2) is 35.2 Å². The maximum atomic E-state index is 13.4. The third-order valence-corrected chi connectivity index (χ3v) is 4.11. The second-order valence-corrected chi connectivity index (χ2v) is 5.83. The number of piperidine rings is 1. The Kier molecular flexibility index (Phi) is 5.17. The molecule has 116 valence electrons. The van der Waals surface area contributed by atoms with Gasteiger partial charge >= 0.3 is 6.03 Å². The van der Waals surface area contributed by atoms with E-state index in [9.17, 15) is 14.3 Å². The summed E-state index contributed by atoms with van der Waals surface area (Å²) in [6, 6.07) is 4.82. The van der Waals surface area contributed by atoms with E-state index >= 15 is 0 Å². The third-order valence-electron chi connectivity index (χ3n) is 4.11. The van der Waals surface area contributed by atoms with Gasteiger partial charge in [-0.15, -0.1) is 0 Å². The predicted molar refractivity (Wildman–Crippen MR) is 79.4 cm³/mol. The van der Waals surface area contributed by atoms with Crippen LogP contribution < -0.4 is 5.32 Å². The van der Waals surface area contributed by atoms with Gasteiger partial charge in [0.1, 0.15) is 5.82 Å². The number of benzene rings is 1. The Bertz CT molecular complexity index is 505. The fraction of sp³-hybridized carbons (Fsp3) is 0.562. The molecule has 1 aliphatic heterocycles. The van der Waals surface area contributed by atoms with Crippen LogP contribution in [0.1, 0.15) is 30.9 Å². The van der Waals surface area contributed by atoms with E-state index in [-0.39, 0.29) is 17.8 Å². The molecule has 0 spiro atoms. The first-order valence-electron chi connectivity index (χ1n) is 7.43. The molecule has 1 fully saturated rings. The molecule has 2 amide bonds. The minimum Gasteiger partial charge on any atom is -0.393 e. The van der Waals surface area contributed by atoms with Crippen LogP contribution in [0.2, 0.25) is 0 Å². The maximum Gasteiger partial charge on any atom is 0.317 e. The van der Waals surface area contributed by atoms with Crippen LogP contribution in [0.15, 0.2) is 18.2 Å². The highest BCUT2D eigenvalue weighted by molar-refractivity contribution is 5.74. The first-order valence-corrected chi connectivity index (χ1v) is 7.43. The Morgan fingerprint density at radius 1 is 1.57 bits per heavy atom. The molecule has 1 heterocycles. The molecule has 1 aromatic rings. The molecule has 21 heavy (non-hydrogen) atoms. The number of nitrogens with one attached hydrogen (secondary N) is 1. The molecule has 1 aromatic carbocycles. The van der Waals surface area contributed by atoms with Crippen LogP contribution in [0.5, 0.6) is 0 Å². The predicted octanol–water partition coefficient (Wildman–Crippen LogP) is 2.44. The Balaban J connectivity index is 1.87. The van der Waals surface area contributed by atoms with Gasteiger partial charge in [-0.05, 0) is 43.9 Å². The van der Waals surface area contributed by atoms with Crippen LogP contribution in [0.4, 0.5) is 9.18 Å². The molecule has 2 unspecified atom stereocenters. The smallest absolute Gasteiger partial charge is 0.317 e. The summed E-state index contributed by atoms with van der Waals surface area (Å²) in [5, 5.41) is 12.5. The fourth-order valence-corrected chi connectivity index (χ4v) is 2.62. The van der Waals surface area contributed by atoms with Gasteiger partial charge in [0.25, 0.3) is 0 Å². The Morgan fingerprint density at radius 3 is 3.00 bits per heavy atom. The van der Waals surface area contributed by atoms with Gasteiger partial charge in [-0.3, -0.25) is 0 Å². The average Bonchev–Trinajstić information content (AvgIpc) is 2.48. The molecule has 0 saturated carbocycles. The van der Waals surface area contributed by atoms with Gasteiger partial charge in [0.15, 0.2) is 0 Å². The number of aliphatic hydroxyl groups excluding tert-OH is 1. The molecule has 2 N–H and O–H groups in total. The molecule has 2 rings (SSSR count). The summed E-state index contributed by atoms with van der Waals surface area (Å²) in [5.74, 6) is -0.116. The normalized spacial score (nSPS) is 20.2. The number of carbonyl (C=O) groups excluding carboxylic acids is 1. The van der Waals surface area contributed by atoms with Gasteiger partial charge in [-0.1, -0.05) is 12.1 Å². The summed E-state index contributed by atoms with van der Waals surface area (Å²) in [5.41, 5.74) is 1.34. The zero-order valence-electron chi connectivity index (χ0n) is 12.6. The number of likely N-dealkylation sites (tertiary alicyclic amines) is 1. The molecule has 0 radical (unpaired) electrons. The standard InChI is InChI=1S/C16H23FN2O2/c1-11-5-6-13(8-15(11)17)9-18-16(21)19-7-3-4-14(10-19)12(2)20/h5-6,8,12,14,20H,3-4,7,9-10H2,1-2H3,(H,18,21). The number of halogens is 1. The van der Waals surface area contributed by atoms with Gasteiger partial charge in [-0.25, -0.2) is 9.18 Å². The largest absolute Gasteiger partial charge is 0.393 e. The van der Waals surface area contributed by atoms with E-state index in [2.05, 4.69) is 5.32 Å². The molecule has 5 heteroatoms. The second-order valence-electron chi connectivity index (χ2n) is 5.83. The number of aliphatic hydroxyl groups is 1. The highest BCUT2D eigenvalue weighted by atomic mass is 19.1. The van der Waals surface area contributed by atoms with Crippen LogP contribution in [0.25, 0.3) is 0 Å². The summed E-state index contributed by atoms with van der Waals surface area (Å²) in [6.07, 6.45) is 1.46. The number of urea groups is 1. The lowest BCUT2D eigenvalue weighted by atomic mass is 9.94. The number of rotatable bonds is 3. The highest BCUT2D eigenvalue weighted by Crippen LogP contribution is 2.19. The molecular weight excluding hydrogens is 271 g/mol. The summed E-state index contributed by atoms with van der Waals surface area (Å²) in [6.45, 7) is 5.07. The van der Waals surface area contributed by atoms with Crippen LogP contribution in [0.3, 0.4) is 0 Å². The molecular formula is C16H23FN2O2. The number of hydrogen-bond donors (Lipinski definition) is 2. The maximum absolute atomic E-state index is 13.4. The second kappa shape index (κ2) is 6.89. The van der Waals surface area contributed by atoms with Crippen molar-refractivity contribution < 1.29 is 14.3 Å². The number of amides is 2. The van der Waals surface area contributed by atoms with Crippen LogP contribution >= 0.6 is 0 Å². The molecule has 0 aliphatic carbocycles. The lowest BCUT2D eigenvalue weighted by molar-refractivity contribution is 0.0738. The van der Waals surface area contributed by atoms with Crippen molar-refractivity contribution in [3.05, 3.63) is 35.1 Å². The van der Waals surface area contributed by atoms with Gasteiger partial charge in [-0.2, -0.15) is 0 Å². The van der Waals surface area contributed by atoms with E-state index in [0.717, 1.165) is 18.4 Å². The average molecular weight is 294 g/mol. The lowest BCUT2D eigenvalue weighted by Crippen LogP contribution is -2.47. The molecule has 1 saturated heterocycles. The highest BCUT2D eigenvalue weighted by Gasteiger charge is 2.26. The van der Waals surface area contributed by atoms with E-state index in [4.69, 9.17) is 0 Å². The number of aryl methyl sites for hydroxylation is 1. The zero-order valence-corrected chi connectivity index (χ0v) is 12.6.